The van der Waals surface area contributed by atoms with E-state index in [-0.39, 0.29) is 37.7 Å². The summed E-state index contributed by atoms with van der Waals surface area (Å²) in [6.45, 7) is 0.658. The van der Waals surface area contributed by atoms with E-state index in [0.717, 1.165) is 16.7 Å². The second kappa shape index (κ2) is 17.5. The molecule has 262 valence electrons. The molecule has 0 radical (unpaired) electrons. The van der Waals surface area contributed by atoms with Crippen LogP contribution in [0.1, 0.15) is 40.3 Å². The topological polar surface area (TPSA) is 196 Å². The lowest BCUT2D eigenvalue weighted by molar-refractivity contribution is -0.128. The number of azide groups is 2. The molecule has 1 aliphatic heterocycles. The summed E-state index contributed by atoms with van der Waals surface area (Å²) in [4.78, 5) is 25.9. The Kier molecular flexibility index (Phi) is 12.4. The molecule has 4 aromatic carbocycles. The van der Waals surface area contributed by atoms with Gasteiger partial charge in [0.05, 0.1) is 27.4 Å². The average molecular weight is 691 g/mol. The number of ether oxygens (including phenoxy) is 4. The molecule has 4 aromatic rings. The van der Waals surface area contributed by atoms with Crippen LogP contribution in [0.25, 0.3) is 20.9 Å². The lowest BCUT2D eigenvalue weighted by atomic mass is 9.80. The third-order valence-corrected chi connectivity index (χ3v) is 8.45. The van der Waals surface area contributed by atoms with Gasteiger partial charge in [-0.3, -0.25) is 4.79 Å². The predicted octanol–water partition coefficient (Wildman–Crippen LogP) is 7.08. The summed E-state index contributed by atoms with van der Waals surface area (Å²) >= 11 is 0. The number of nitrogens with zero attached hydrogens (tertiary/aromatic N) is 7. The van der Waals surface area contributed by atoms with Crippen molar-refractivity contribution in [2.75, 3.05) is 34.0 Å². The van der Waals surface area contributed by atoms with E-state index >= 15 is 0 Å². The molecule has 0 spiro atoms. The van der Waals surface area contributed by atoms with Gasteiger partial charge in [-0.15, -0.1) is 0 Å². The second-order valence-electron chi connectivity index (χ2n) is 11.6. The number of rotatable bonds is 17. The van der Waals surface area contributed by atoms with E-state index in [4.69, 9.17) is 34.6 Å². The van der Waals surface area contributed by atoms with E-state index in [1.165, 1.54) is 0 Å². The number of nitrogens with one attached hydrogen (secondary N) is 1. The van der Waals surface area contributed by atoms with Crippen molar-refractivity contribution in [2.45, 2.75) is 37.5 Å². The van der Waals surface area contributed by atoms with Gasteiger partial charge in [-0.25, -0.2) is 4.99 Å². The van der Waals surface area contributed by atoms with Gasteiger partial charge in [0.2, 0.25) is 5.90 Å². The van der Waals surface area contributed by atoms with Crippen molar-refractivity contribution in [1.29, 1.82) is 0 Å². The number of hydrogen-bond donors (Lipinski definition) is 2. The van der Waals surface area contributed by atoms with Crippen LogP contribution in [0.5, 0.6) is 17.2 Å². The van der Waals surface area contributed by atoms with Crippen molar-refractivity contribution in [3.05, 3.63) is 140 Å². The molecule has 1 amide bonds. The third-order valence-electron chi connectivity index (χ3n) is 8.45. The van der Waals surface area contributed by atoms with Crippen LogP contribution >= 0.6 is 0 Å². The monoisotopic (exact) mass is 690 g/mol. The van der Waals surface area contributed by atoms with Gasteiger partial charge in [0, 0.05) is 52.6 Å². The normalized spacial score (nSPS) is 16.1. The molecule has 14 heteroatoms. The Bertz CT molecular complexity index is 1960. The van der Waals surface area contributed by atoms with Crippen LogP contribution < -0.4 is 19.5 Å². The highest BCUT2D eigenvalue weighted by Crippen LogP contribution is 2.45. The Morgan fingerprint density at radius 1 is 0.941 bits per heavy atom. The highest BCUT2D eigenvalue weighted by molar-refractivity contribution is 6.01. The number of methoxy groups -OCH3 is 2. The number of carbonyl (C=O) groups excluding carboxylic acids is 1. The molecule has 2 atom stereocenters. The molecule has 1 heterocycles. The molecule has 0 unspecified atom stereocenters. The van der Waals surface area contributed by atoms with Gasteiger partial charge in [0.1, 0.15) is 17.2 Å². The summed E-state index contributed by atoms with van der Waals surface area (Å²) in [7, 11) is 3.16. The minimum absolute atomic E-state index is 0.0185. The molecule has 0 aromatic heterocycles. The first-order chi connectivity index (χ1) is 25.0. The van der Waals surface area contributed by atoms with Gasteiger partial charge < -0.3 is 29.4 Å². The Balaban J connectivity index is 1.61. The number of amides is 1. The summed E-state index contributed by atoms with van der Waals surface area (Å²) in [5.74, 6) is 1.68. The summed E-state index contributed by atoms with van der Waals surface area (Å²) in [5, 5.41) is 19.9. The van der Waals surface area contributed by atoms with Crippen molar-refractivity contribution in [2.24, 2.45) is 15.2 Å². The fourth-order valence-electron chi connectivity index (χ4n) is 5.93. The van der Waals surface area contributed by atoms with Gasteiger partial charge in [0.15, 0.2) is 11.6 Å². The molecule has 0 saturated heterocycles. The molecule has 0 fully saturated rings. The van der Waals surface area contributed by atoms with E-state index in [9.17, 15) is 10.3 Å². The standard InChI is InChI=1S/C37H38N8O6/c1-48-30-16-17-33(49-2)26(22-30)18-19-40-36(47)37(23-27-8-3-4-9-28(27)24-41-44-38)34(31-10-5-6-11-32(31)43-45-39)51-35(42-37)25-12-14-29(15-13-25)50-21-7-20-46/h3-6,8-17,22,34,46H,7,18-21,23-24H2,1-2H3,(H,40,47)/t34-,37-/m1/s1. The zero-order valence-corrected chi connectivity index (χ0v) is 28.3. The van der Waals surface area contributed by atoms with E-state index in [1.54, 1.807) is 68.8 Å². The molecular formula is C37H38N8O6. The summed E-state index contributed by atoms with van der Waals surface area (Å²) in [6, 6.07) is 26.8. The zero-order chi connectivity index (χ0) is 36.1. The maximum absolute atomic E-state index is 14.8. The fourth-order valence-corrected chi connectivity index (χ4v) is 5.93. The molecule has 14 nitrogen and oxygen atoms in total. The SMILES string of the molecule is COc1ccc(OC)c(CCNC(=O)[C@]2(Cc3ccccc3CN=[N+]=[N-])N=C(c3ccc(OCCCO)cc3)O[C@@H]2c2ccccc2N=[N+]=[N-])c1. The fraction of sp³-hybridized carbons (Fsp3) is 0.297. The molecular weight excluding hydrogens is 652 g/mol. The van der Waals surface area contributed by atoms with Gasteiger partial charge in [-0.05, 0) is 76.6 Å². The van der Waals surface area contributed by atoms with Crippen LogP contribution in [-0.4, -0.2) is 56.4 Å². The molecule has 0 bridgehead atoms. The minimum Gasteiger partial charge on any atom is -0.497 e. The Morgan fingerprint density at radius 3 is 2.41 bits per heavy atom. The van der Waals surface area contributed by atoms with Crippen LogP contribution in [0.15, 0.2) is 106 Å². The Hall–Kier alpha value is -6.20. The van der Waals surface area contributed by atoms with Gasteiger partial charge in [-0.2, -0.15) is 0 Å². The minimum atomic E-state index is -1.61. The van der Waals surface area contributed by atoms with E-state index in [0.29, 0.717) is 47.8 Å². The number of benzene rings is 4. The number of aliphatic hydroxyl groups excluding tert-OH is 1. The van der Waals surface area contributed by atoms with Crippen LogP contribution in [0.2, 0.25) is 0 Å². The number of aliphatic hydroxyl groups is 1. The quantitative estimate of drug-likeness (QED) is 0.0514. The molecule has 2 N–H and O–H groups in total. The van der Waals surface area contributed by atoms with Gasteiger partial charge in [-0.1, -0.05) is 58.8 Å². The average Bonchev–Trinajstić information content (AvgIpc) is 3.55. The van der Waals surface area contributed by atoms with E-state index < -0.39 is 17.6 Å². The maximum atomic E-state index is 14.8. The van der Waals surface area contributed by atoms with Gasteiger partial charge in [0.25, 0.3) is 5.91 Å². The van der Waals surface area contributed by atoms with Crippen LogP contribution in [0.4, 0.5) is 5.69 Å². The first-order valence-corrected chi connectivity index (χ1v) is 16.3. The summed E-state index contributed by atoms with van der Waals surface area (Å²) < 4.78 is 23.3. The van der Waals surface area contributed by atoms with Crippen LogP contribution in [0, 0.1) is 0 Å². The molecule has 0 saturated carbocycles. The van der Waals surface area contributed by atoms with Crippen molar-refractivity contribution >= 4 is 17.5 Å². The zero-order valence-electron chi connectivity index (χ0n) is 28.3. The lowest BCUT2D eigenvalue weighted by Crippen LogP contribution is -2.50. The summed E-state index contributed by atoms with van der Waals surface area (Å²) in [5.41, 5.74) is 20.5. The molecule has 1 aliphatic rings. The van der Waals surface area contributed by atoms with Crippen molar-refractivity contribution < 1.29 is 28.8 Å². The molecule has 0 aliphatic carbocycles. The molecule has 51 heavy (non-hydrogen) atoms. The number of carbonyl (C=O) groups is 1. The highest BCUT2D eigenvalue weighted by Gasteiger charge is 2.54. The maximum Gasteiger partial charge on any atom is 0.252 e. The molecule has 5 rings (SSSR count). The van der Waals surface area contributed by atoms with Crippen molar-refractivity contribution in [1.82, 2.24) is 5.32 Å². The number of aliphatic imine (C=N–C) groups is 1. The predicted molar refractivity (Wildman–Crippen MR) is 191 cm³/mol. The second-order valence-corrected chi connectivity index (χ2v) is 11.6. The Labute approximate surface area is 294 Å². The van der Waals surface area contributed by atoms with Crippen LogP contribution in [0.3, 0.4) is 0 Å². The van der Waals surface area contributed by atoms with Crippen LogP contribution in [-0.2, 0) is 28.9 Å². The Morgan fingerprint density at radius 2 is 1.69 bits per heavy atom. The van der Waals surface area contributed by atoms with E-state index in [2.05, 4.69) is 25.4 Å². The largest absolute Gasteiger partial charge is 0.497 e. The first-order valence-electron chi connectivity index (χ1n) is 16.3. The van der Waals surface area contributed by atoms with Crippen molar-refractivity contribution in [3.8, 4) is 17.2 Å². The smallest absolute Gasteiger partial charge is 0.252 e. The van der Waals surface area contributed by atoms with Crippen molar-refractivity contribution in [3.63, 3.8) is 0 Å². The highest BCUT2D eigenvalue weighted by atomic mass is 16.5. The van der Waals surface area contributed by atoms with E-state index in [1.807, 2.05) is 36.4 Å². The summed E-state index contributed by atoms with van der Waals surface area (Å²) in [6.07, 6.45) is -0.0639. The van der Waals surface area contributed by atoms with Gasteiger partial charge >= 0.3 is 0 Å². The third kappa shape index (κ3) is 8.52. The first kappa shape index (κ1) is 36.1. The number of hydrogen-bond acceptors (Lipinski definition) is 9. The lowest BCUT2D eigenvalue weighted by Gasteiger charge is -2.32.